The van der Waals surface area contributed by atoms with E-state index in [0.29, 0.717) is 12.2 Å². The topological polar surface area (TPSA) is 95.7 Å². The van der Waals surface area contributed by atoms with Crippen molar-refractivity contribution < 1.29 is 13.0 Å². The largest absolute Gasteiger partial charge is 0.399 e. The lowest BCUT2D eigenvalue weighted by molar-refractivity contribution is 0.468. The lowest BCUT2D eigenvalue weighted by Gasteiger charge is -2.23. The molecule has 7 heteroatoms. The van der Waals surface area contributed by atoms with Gasteiger partial charge in [0.25, 0.3) is 0 Å². The number of rotatable bonds is 6. The molecule has 6 nitrogen and oxygen atoms in total. The molecule has 17 heavy (non-hydrogen) atoms. The Hall–Kier alpha value is -1.31. The minimum atomic E-state index is -4.11. The second-order valence-corrected chi connectivity index (χ2v) is 4.78. The Morgan fingerprint density at radius 1 is 1.35 bits per heavy atom. The summed E-state index contributed by atoms with van der Waals surface area (Å²) in [4.78, 5) is 1.97. The van der Waals surface area contributed by atoms with Gasteiger partial charge in [0.2, 0.25) is 0 Å². The SMILES string of the molecule is CCN(CCNS(=O)(=O)O)c1ccc(N)cc1. The van der Waals surface area contributed by atoms with E-state index in [9.17, 15) is 8.42 Å². The standard InChI is InChI=1S/C10H17N3O3S/c1-2-13(8-7-12-17(14,15)16)10-5-3-9(11)4-6-10/h3-6,12H,2,7-8,11H2,1H3,(H,14,15,16). The van der Waals surface area contributed by atoms with Gasteiger partial charge in [0.1, 0.15) is 0 Å². The molecule has 0 radical (unpaired) electrons. The quantitative estimate of drug-likeness (QED) is 0.510. The third-order valence-corrected chi connectivity index (χ3v) is 2.88. The number of likely N-dealkylation sites (N-methyl/N-ethyl adjacent to an activating group) is 1. The zero-order valence-corrected chi connectivity index (χ0v) is 10.4. The summed E-state index contributed by atoms with van der Waals surface area (Å²) in [5, 5.41) is 0. The average molecular weight is 259 g/mol. The van der Waals surface area contributed by atoms with Crippen LogP contribution in [-0.2, 0) is 10.3 Å². The van der Waals surface area contributed by atoms with Crippen LogP contribution in [0, 0.1) is 0 Å². The van der Waals surface area contributed by atoms with E-state index >= 15 is 0 Å². The molecule has 1 rings (SSSR count). The molecule has 96 valence electrons. The van der Waals surface area contributed by atoms with Crippen LogP contribution in [0.15, 0.2) is 24.3 Å². The zero-order chi connectivity index (χ0) is 12.9. The first-order valence-corrected chi connectivity index (χ1v) is 6.69. The van der Waals surface area contributed by atoms with Crippen LogP contribution in [0.25, 0.3) is 0 Å². The molecule has 0 aliphatic heterocycles. The van der Waals surface area contributed by atoms with E-state index in [0.717, 1.165) is 12.2 Å². The number of hydrogen-bond donors (Lipinski definition) is 3. The fourth-order valence-electron chi connectivity index (χ4n) is 1.46. The minimum absolute atomic E-state index is 0.150. The van der Waals surface area contributed by atoms with Crippen molar-refractivity contribution in [1.82, 2.24) is 4.72 Å². The van der Waals surface area contributed by atoms with Gasteiger partial charge in [0.05, 0.1) is 0 Å². The van der Waals surface area contributed by atoms with Crippen molar-refractivity contribution in [2.24, 2.45) is 0 Å². The molecular formula is C10H17N3O3S. The molecular weight excluding hydrogens is 242 g/mol. The zero-order valence-electron chi connectivity index (χ0n) is 9.63. The Bertz CT molecular complexity index is 444. The molecule has 0 spiro atoms. The van der Waals surface area contributed by atoms with Gasteiger partial charge in [-0.05, 0) is 31.2 Å². The molecule has 0 atom stereocenters. The first-order chi connectivity index (χ1) is 7.92. The number of anilines is 2. The van der Waals surface area contributed by atoms with Gasteiger partial charge in [-0.3, -0.25) is 4.55 Å². The minimum Gasteiger partial charge on any atom is -0.399 e. The van der Waals surface area contributed by atoms with E-state index < -0.39 is 10.3 Å². The maximum atomic E-state index is 10.5. The number of nitrogens with zero attached hydrogens (tertiary/aromatic N) is 1. The fraction of sp³-hybridized carbons (Fsp3) is 0.400. The molecule has 0 saturated heterocycles. The van der Waals surface area contributed by atoms with Crippen molar-refractivity contribution in [3.63, 3.8) is 0 Å². The third kappa shape index (κ3) is 5.03. The van der Waals surface area contributed by atoms with Crippen LogP contribution in [0.2, 0.25) is 0 Å². The van der Waals surface area contributed by atoms with E-state index in [1.54, 1.807) is 12.1 Å². The monoisotopic (exact) mass is 259 g/mol. The highest BCUT2D eigenvalue weighted by Crippen LogP contribution is 2.15. The first kappa shape index (κ1) is 13.8. The summed E-state index contributed by atoms with van der Waals surface area (Å²) in [5.41, 5.74) is 7.22. The summed E-state index contributed by atoms with van der Waals surface area (Å²) >= 11 is 0. The number of benzene rings is 1. The molecule has 4 N–H and O–H groups in total. The van der Waals surface area contributed by atoms with Gasteiger partial charge in [0.15, 0.2) is 0 Å². The van der Waals surface area contributed by atoms with Gasteiger partial charge in [-0.25, -0.2) is 0 Å². The van der Waals surface area contributed by atoms with E-state index in [1.165, 1.54) is 0 Å². The highest BCUT2D eigenvalue weighted by atomic mass is 32.2. The van der Waals surface area contributed by atoms with Crippen LogP contribution in [0.3, 0.4) is 0 Å². The smallest absolute Gasteiger partial charge is 0.333 e. The average Bonchev–Trinajstić information content (AvgIpc) is 2.24. The number of nitrogen functional groups attached to an aromatic ring is 1. The Balaban J connectivity index is 2.57. The number of nitrogens with one attached hydrogen (secondary N) is 1. The summed E-state index contributed by atoms with van der Waals surface area (Å²) in [6, 6.07) is 7.31. The van der Waals surface area contributed by atoms with Crippen LogP contribution in [0.1, 0.15) is 6.92 Å². The van der Waals surface area contributed by atoms with Crippen molar-refractivity contribution in [3.8, 4) is 0 Å². The molecule has 1 aromatic carbocycles. The van der Waals surface area contributed by atoms with Crippen molar-refractivity contribution in [2.45, 2.75) is 6.92 Å². The van der Waals surface area contributed by atoms with Crippen molar-refractivity contribution in [1.29, 1.82) is 0 Å². The second kappa shape index (κ2) is 5.85. The van der Waals surface area contributed by atoms with Crippen LogP contribution in [0.5, 0.6) is 0 Å². The Morgan fingerprint density at radius 2 is 1.94 bits per heavy atom. The van der Waals surface area contributed by atoms with Crippen LogP contribution >= 0.6 is 0 Å². The molecule has 0 aliphatic carbocycles. The first-order valence-electron chi connectivity index (χ1n) is 5.25. The van der Waals surface area contributed by atoms with E-state index in [2.05, 4.69) is 0 Å². The molecule has 0 aromatic heterocycles. The summed E-state index contributed by atoms with van der Waals surface area (Å²) in [6.07, 6.45) is 0. The van der Waals surface area contributed by atoms with Crippen molar-refractivity contribution in [2.75, 3.05) is 30.3 Å². The third-order valence-electron chi connectivity index (χ3n) is 2.31. The van der Waals surface area contributed by atoms with Gasteiger partial charge >= 0.3 is 10.3 Å². The Morgan fingerprint density at radius 3 is 2.41 bits per heavy atom. The summed E-state index contributed by atoms with van der Waals surface area (Å²) in [7, 11) is -4.11. The molecule has 0 bridgehead atoms. The van der Waals surface area contributed by atoms with Crippen molar-refractivity contribution >= 4 is 21.7 Å². The van der Waals surface area contributed by atoms with E-state index in [1.807, 2.05) is 28.7 Å². The predicted octanol–water partition coefficient (Wildman–Crippen LogP) is 0.488. The van der Waals surface area contributed by atoms with E-state index in [-0.39, 0.29) is 6.54 Å². The molecule has 0 fully saturated rings. The lowest BCUT2D eigenvalue weighted by Crippen LogP contribution is -2.34. The van der Waals surface area contributed by atoms with E-state index in [4.69, 9.17) is 10.3 Å². The maximum absolute atomic E-state index is 10.5. The van der Waals surface area contributed by atoms with Crippen molar-refractivity contribution in [3.05, 3.63) is 24.3 Å². The number of nitrogens with two attached hydrogens (primary N) is 1. The Kier molecular flexibility index (Phi) is 4.73. The molecule has 0 heterocycles. The second-order valence-electron chi connectivity index (χ2n) is 3.54. The van der Waals surface area contributed by atoms with Gasteiger partial charge in [-0.2, -0.15) is 13.1 Å². The molecule has 1 aromatic rings. The highest BCUT2D eigenvalue weighted by molar-refractivity contribution is 7.83. The summed E-state index contributed by atoms with van der Waals surface area (Å²) in [5.74, 6) is 0. The predicted molar refractivity (Wildman–Crippen MR) is 68.3 cm³/mol. The summed E-state index contributed by atoms with van der Waals surface area (Å²) < 4.78 is 31.5. The molecule has 0 unspecified atom stereocenters. The van der Waals surface area contributed by atoms with Crippen LogP contribution < -0.4 is 15.4 Å². The molecule has 0 amide bonds. The maximum Gasteiger partial charge on any atom is 0.333 e. The van der Waals surface area contributed by atoms with Crippen LogP contribution in [0.4, 0.5) is 11.4 Å². The normalized spacial score (nSPS) is 11.4. The molecule has 0 saturated carbocycles. The van der Waals surface area contributed by atoms with Crippen LogP contribution in [-0.4, -0.2) is 32.6 Å². The lowest BCUT2D eigenvalue weighted by atomic mass is 10.2. The van der Waals surface area contributed by atoms with Gasteiger partial charge in [-0.1, -0.05) is 0 Å². The number of hydrogen-bond acceptors (Lipinski definition) is 4. The van der Waals surface area contributed by atoms with Gasteiger partial charge < -0.3 is 10.6 Å². The fourth-order valence-corrected chi connectivity index (χ4v) is 1.81. The highest BCUT2D eigenvalue weighted by Gasteiger charge is 2.06. The molecule has 0 aliphatic rings. The van der Waals surface area contributed by atoms with Gasteiger partial charge in [0, 0.05) is 31.0 Å². The van der Waals surface area contributed by atoms with Gasteiger partial charge in [-0.15, -0.1) is 0 Å². The summed E-state index contributed by atoms with van der Waals surface area (Å²) in [6.45, 7) is 3.32. The Labute approximate surface area is 101 Å².